The summed E-state index contributed by atoms with van der Waals surface area (Å²) in [5.41, 5.74) is 1.53. The molecule has 19 heavy (non-hydrogen) atoms. The van der Waals surface area contributed by atoms with Crippen LogP contribution in [0.1, 0.15) is 12.8 Å². The maximum absolute atomic E-state index is 9.49. The minimum atomic E-state index is -0.140. The molecule has 6 heteroatoms. The van der Waals surface area contributed by atoms with Gasteiger partial charge < -0.3 is 20.3 Å². The van der Waals surface area contributed by atoms with Crippen LogP contribution in [0, 0.1) is 0 Å². The second-order valence-corrected chi connectivity index (χ2v) is 5.25. The smallest absolute Gasteiger partial charge is 0.185 e. The van der Waals surface area contributed by atoms with Gasteiger partial charge in [0.1, 0.15) is 6.23 Å². The zero-order valence-corrected chi connectivity index (χ0v) is 11.0. The largest absolute Gasteiger partial charge is 0.504 e. The lowest BCUT2D eigenvalue weighted by atomic mass is 10.1. The number of hydrogen-bond donors (Lipinski definition) is 3. The minimum Gasteiger partial charge on any atom is -0.504 e. The highest BCUT2D eigenvalue weighted by molar-refractivity contribution is 7.14. The Morgan fingerprint density at radius 1 is 1.32 bits per heavy atom. The second-order valence-electron chi connectivity index (χ2n) is 4.39. The summed E-state index contributed by atoms with van der Waals surface area (Å²) in [5, 5.41) is 24.7. The highest BCUT2D eigenvalue weighted by Gasteiger charge is 2.16. The Kier molecular flexibility index (Phi) is 3.27. The summed E-state index contributed by atoms with van der Waals surface area (Å²) in [6, 6.07) is 4.68. The molecule has 1 aliphatic heterocycles. The molecule has 0 spiro atoms. The summed E-state index contributed by atoms with van der Waals surface area (Å²) in [7, 11) is 0. The fourth-order valence-corrected chi connectivity index (χ4v) is 2.75. The van der Waals surface area contributed by atoms with Crippen molar-refractivity contribution < 1.29 is 14.9 Å². The second kappa shape index (κ2) is 5.07. The van der Waals surface area contributed by atoms with Crippen molar-refractivity contribution in [1.82, 2.24) is 4.98 Å². The SMILES string of the molecule is Oc1ccc(-c2csc(NC3CCCO3)n2)cc1O. The third kappa shape index (κ3) is 2.64. The minimum absolute atomic E-state index is 0.0484. The van der Waals surface area contributed by atoms with E-state index >= 15 is 0 Å². The van der Waals surface area contributed by atoms with Gasteiger partial charge in [-0.05, 0) is 31.0 Å². The summed E-state index contributed by atoms with van der Waals surface area (Å²) < 4.78 is 5.49. The first-order valence-corrected chi connectivity index (χ1v) is 6.96. The fourth-order valence-electron chi connectivity index (χ4n) is 1.98. The monoisotopic (exact) mass is 278 g/mol. The van der Waals surface area contributed by atoms with Crippen molar-refractivity contribution in [3.05, 3.63) is 23.6 Å². The van der Waals surface area contributed by atoms with E-state index in [9.17, 15) is 10.2 Å². The van der Waals surface area contributed by atoms with E-state index in [2.05, 4.69) is 10.3 Å². The molecule has 1 fully saturated rings. The highest BCUT2D eigenvalue weighted by atomic mass is 32.1. The summed E-state index contributed by atoms with van der Waals surface area (Å²) in [4.78, 5) is 4.45. The van der Waals surface area contributed by atoms with E-state index in [1.54, 1.807) is 6.07 Å². The normalized spacial score (nSPS) is 18.6. The van der Waals surface area contributed by atoms with Crippen molar-refractivity contribution in [2.24, 2.45) is 0 Å². The lowest BCUT2D eigenvalue weighted by molar-refractivity contribution is 0.132. The molecule has 0 saturated carbocycles. The van der Waals surface area contributed by atoms with E-state index in [-0.39, 0.29) is 17.7 Å². The summed E-state index contributed by atoms with van der Waals surface area (Å²) >= 11 is 1.49. The Morgan fingerprint density at radius 2 is 2.21 bits per heavy atom. The maximum Gasteiger partial charge on any atom is 0.185 e. The zero-order valence-electron chi connectivity index (χ0n) is 10.2. The molecule has 0 radical (unpaired) electrons. The van der Waals surface area contributed by atoms with Gasteiger partial charge in [-0.3, -0.25) is 0 Å². The number of nitrogens with one attached hydrogen (secondary N) is 1. The van der Waals surface area contributed by atoms with Crippen LogP contribution in [-0.4, -0.2) is 28.0 Å². The number of aromatic nitrogens is 1. The number of phenols is 2. The molecule has 1 atom stereocenters. The van der Waals surface area contributed by atoms with Gasteiger partial charge in [-0.2, -0.15) is 0 Å². The van der Waals surface area contributed by atoms with E-state index in [0.717, 1.165) is 35.8 Å². The van der Waals surface area contributed by atoms with Gasteiger partial charge in [0.2, 0.25) is 0 Å². The molecule has 0 aliphatic carbocycles. The summed E-state index contributed by atoms with van der Waals surface area (Å²) in [5.74, 6) is -0.268. The van der Waals surface area contributed by atoms with Crippen LogP contribution in [-0.2, 0) is 4.74 Å². The van der Waals surface area contributed by atoms with Crippen molar-refractivity contribution in [1.29, 1.82) is 0 Å². The molecule has 100 valence electrons. The van der Waals surface area contributed by atoms with Crippen LogP contribution in [0.4, 0.5) is 5.13 Å². The van der Waals surface area contributed by atoms with Gasteiger partial charge in [0.25, 0.3) is 0 Å². The van der Waals surface area contributed by atoms with Crippen molar-refractivity contribution in [2.75, 3.05) is 11.9 Å². The van der Waals surface area contributed by atoms with Gasteiger partial charge in [-0.1, -0.05) is 0 Å². The molecule has 2 aromatic rings. The van der Waals surface area contributed by atoms with Crippen LogP contribution in [0.3, 0.4) is 0 Å². The van der Waals surface area contributed by atoms with Crippen LogP contribution in [0.15, 0.2) is 23.6 Å². The van der Waals surface area contributed by atoms with E-state index in [1.165, 1.54) is 23.5 Å². The number of rotatable bonds is 3. The van der Waals surface area contributed by atoms with E-state index < -0.39 is 0 Å². The zero-order chi connectivity index (χ0) is 13.2. The number of thiazole rings is 1. The van der Waals surface area contributed by atoms with Crippen LogP contribution in [0.25, 0.3) is 11.3 Å². The lowest BCUT2D eigenvalue weighted by Crippen LogP contribution is -2.16. The molecule has 3 N–H and O–H groups in total. The van der Waals surface area contributed by atoms with Gasteiger partial charge in [0.15, 0.2) is 16.6 Å². The molecular weight excluding hydrogens is 264 g/mol. The average molecular weight is 278 g/mol. The molecule has 1 aliphatic rings. The molecule has 1 unspecified atom stereocenters. The molecular formula is C13H14N2O3S. The first kappa shape index (κ1) is 12.3. The summed E-state index contributed by atoms with van der Waals surface area (Å²) in [6.07, 6.45) is 2.11. The van der Waals surface area contributed by atoms with Crippen molar-refractivity contribution in [3.63, 3.8) is 0 Å². The van der Waals surface area contributed by atoms with E-state index in [4.69, 9.17) is 4.74 Å². The molecule has 3 rings (SSSR count). The number of benzene rings is 1. The number of ether oxygens (including phenoxy) is 1. The van der Waals surface area contributed by atoms with Crippen LogP contribution in [0.2, 0.25) is 0 Å². The first-order valence-electron chi connectivity index (χ1n) is 6.08. The van der Waals surface area contributed by atoms with Gasteiger partial charge in [-0.25, -0.2) is 4.98 Å². The topological polar surface area (TPSA) is 74.6 Å². The Morgan fingerprint density at radius 3 is 2.95 bits per heavy atom. The highest BCUT2D eigenvalue weighted by Crippen LogP contribution is 2.32. The molecule has 1 aromatic heterocycles. The number of phenolic OH excluding ortho intramolecular Hbond substituents is 2. The average Bonchev–Trinajstić information content (AvgIpc) is 3.05. The van der Waals surface area contributed by atoms with Crippen molar-refractivity contribution in [2.45, 2.75) is 19.1 Å². The molecule has 1 aromatic carbocycles. The Bertz CT molecular complexity index is 579. The third-order valence-corrected chi connectivity index (χ3v) is 3.76. The first-order chi connectivity index (χ1) is 9.22. The predicted molar refractivity (Wildman–Crippen MR) is 73.5 cm³/mol. The maximum atomic E-state index is 9.49. The molecule has 5 nitrogen and oxygen atoms in total. The fraction of sp³-hybridized carbons (Fsp3) is 0.308. The molecule has 0 bridgehead atoms. The predicted octanol–water partition coefficient (Wildman–Crippen LogP) is 2.77. The van der Waals surface area contributed by atoms with Gasteiger partial charge in [0.05, 0.1) is 5.69 Å². The van der Waals surface area contributed by atoms with E-state index in [0.29, 0.717) is 0 Å². The number of anilines is 1. The van der Waals surface area contributed by atoms with Crippen molar-refractivity contribution in [3.8, 4) is 22.8 Å². The third-order valence-electron chi connectivity index (χ3n) is 2.99. The van der Waals surface area contributed by atoms with Gasteiger partial charge >= 0.3 is 0 Å². The number of hydrogen-bond acceptors (Lipinski definition) is 6. The lowest BCUT2D eigenvalue weighted by Gasteiger charge is -2.09. The van der Waals surface area contributed by atoms with E-state index in [1.807, 2.05) is 5.38 Å². The molecule has 2 heterocycles. The Balaban J connectivity index is 1.78. The van der Waals surface area contributed by atoms with Crippen LogP contribution in [0.5, 0.6) is 11.5 Å². The Labute approximate surface area is 114 Å². The van der Waals surface area contributed by atoms with Crippen molar-refractivity contribution >= 4 is 16.5 Å². The summed E-state index contributed by atoms with van der Waals surface area (Å²) in [6.45, 7) is 0.793. The standard InChI is InChI=1S/C13H14N2O3S/c16-10-4-3-8(6-11(10)17)9-7-19-13(14-9)15-12-2-1-5-18-12/h3-4,6-7,12,16-17H,1-2,5H2,(H,14,15). The van der Waals surface area contributed by atoms with Crippen LogP contribution >= 0.6 is 11.3 Å². The molecule has 0 amide bonds. The van der Waals surface area contributed by atoms with Crippen LogP contribution < -0.4 is 5.32 Å². The van der Waals surface area contributed by atoms with Gasteiger partial charge in [0, 0.05) is 17.6 Å². The number of nitrogens with zero attached hydrogens (tertiary/aromatic N) is 1. The molecule has 1 saturated heterocycles. The quantitative estimate of drug-likeness (QED) is 0.753. The van der Waals surface area contributed by atoms with Gasteiger partial charge in [-0.15, -0.1) is 11.3 Å². The Hall–Kier alpha value is -1.79. The number of aromatic hydroxyl groups is 2.